The highest BCUT2D eigenvalue weighted by molar-refractivity contribution is 6.06. The number of phenols is 18. The zero-order valence-corrected chi connectivity index (χ0v) is 73.2. The van der Waals surface area contributed by atoms with Gasteiger partial charge in [0, 0.05) is 96.1 Å². The van der Waals surface area contributed by atoms with Crippen LogP contribution < -0.4 is 28.4 Å². The van der Waals surface area contributed by atoms with Crippen molar-refractivity contribution in [1.29, 1.82) is 0 Å². The Balaban J connectivity index is 0.000000201. The summed E-state index contributed by atoms with van der Waals surface area (Å²) in [6, 6.07) is 51.9. The zero-order chi connectivity index (χ0) is 101. The minimum atomic E-state index is -1.82. The van der Waals surface area contributed by atoms with Gasteiger partial charge in [-0.2, -0.15) is 8.78 Å². The van der Waals surface area contributed by atoms with Gasteiger partial charge in [0.25, 0.3) is 0 Å². The van der Waals surface area contributed by atoms with Gasteiger partial charge in [0.15, 0.2) is 57.0 Å². The Labute approximate surface area is 770 Å². The van der Waals surface area contributed by atoms with Gasteiger partial charge in [-0.05, 0) is 103 Å². The van der Waals surface area contributed by atoms with Crippen molar-refractivity contribution in [1.82, 2.24) is 0 Å². The summed E-state index contributed by atoms with van der Waals surface area (Å²) in [6.45, 7) is 11.3. The van der Waals surface area contributed by atoms with Crippen LogP contribution in [0.25, 0.3) is 11.1 Å². The smallest absolute Gasteiger partial charge is 0.207 e. The van der Waals surface area contributed by atoms with Gasteiger partial charge >= 0.3 is 0 Å². The molecule has 0 spiro atoms. The molecule has 0 saturated heterocycles. The number of hydrogen-bond donors (Lipinski definition) is 18. The number of carbonyl (C=O) groups excluding carboxylic acids is 6. The predicted octanol–water partition coefficient (Wildman–Crippen LogP) is 18.2. The molecule has 13 aromatic carbocycles. The lowest BCUT2D eigenvalue weighted by atomic mass is 9.87. The van der Waals surface area contributed by atoms with Crippen molar-refractivity contribution < 1.29 is 175 Å². The molecule has 0 saturated carbocycles. The van der Waals surface area contributed by atoms with Gasteiger partial charge < -0.3 is 120 Å². The first-order chi connectivity index (χ1) is 64.0. The van der Waals surface area contributed by atoms with Crippen molar-refractivity contribution >= 4 is 34.7 Å². The van der Waals surface area contributed by atoms with Gasteiger partial charge in [-0.1, -0.05) is 119 Å². The molecule has 13 aromatic rings. The van der Waals surface area contributed by atoms with Crippen LogP contribution in [0.3, 0.4) is 0 Å². The SMILES string of the molecule is CC(C)(C)c1ccc(OCC(=O)c2c(O)cc(O)cc2O)cc1.CC(C)c1ccc(OCC(=O)c2c(O)cc(O)cc2O)cc1.Cc1c(F)c(F)c(OCC(=O)c2c(O)cc(O)cc2O)c(F)c1F.Cc1c(F)cc(OCC(=O)c2c(O)cc(O)cc2O)cc1F.Cc1ccc(OCC(=O)c2c(O)cc(O)cc2O)cc1.O=C(COc1ccc(-c2ccccc2)cc1)c1c(O)cc(O)cc1O. The Hall–Kier alpha value is -17.3. The number of hydrogen-bond acceptors (Lipinski definition) is 30. The first-order valence-corrected chi connectivity index (χ1v) is 40.2. The fourth-order valence-corrected chi connectivity index (χ4v) is 12.2. The fraction of sp³-hybridized carbons (Fsp3) is 0.160. The molecule has 0 bridgehead atoms. The molecule has 712 valence electrons. The number of rotatable bonds is 26. The van der Waals surface area contributed by atoms with E-state index in [0.717, 1.165) is 120 Å². The average Bonchev–Trinajstić information content (AvgIpc) is 0.801. The maximum absolute atomic E-state index is 13.6. The van der Waals surface area contributed by atoms with Gasteiger partial charge in [0.2, 0.25) is 46.3 Å². The van der Waals surface area contributed by atoms with Crippen LogP contribution in [0, 0.1) is 55.7 Å². The van der Waals surface area contributed by atoms with E-state index in [-0.39, 0.29) is 88.4 Å². The van der Waals surface area contributed by atoms with E-state index in [1.54, 1.807) is 48.5 Å². The van der Waals surface area contributed by atoms with Crippen molar-refractivity contribution in [3.63, 3.8) is 0 Å². The number of halogens is 6. The van der Waals surface area contributed by atoms with Crippen LogP contribution in [-0.4, -0.2) is 166 Å². The highest BCUT2D eigenvalue weighted by Crippen LogP contribution is 2.41. The van der Waals surface area contributed by atoms with Crippen molar-refractivity contribution in [2.45, 2.75) is 66.7 Å². The summed E-state index contributed by atoms with van der Waals surface area (Å²) in [5.74, 6) is -21.2. The second-order valence-corrected chi connectivity index (χ2v) is 30.8. The average molecular weight is 1890 g/mol. The summed E-state index contributed by atoms with van der Waals surface area (Å²) in [4.78, 5) is 71.9. The lowest BCUT2D eigenvalue weighted by Crippen LogP contribution is -2.15. The van der Waals surface area contributed by atoms with E-state index < -0.39 is 186 Å². The molecular formula is C100H90F6O30. The topological polar surface area (TPSA) is 522 Å². The lowest BCUT2D eigenvalue weighted by molar-refractivity contribution is 0.0901. The van der Waals surface area contributed by atoms with Crippen LogP contribution in [0.1, 0.15) is 131 Å². The van der Waals surface area contributed by atoms with Gasteiger partial charge in [0.05, 0.1) is 0 Å². The summed E-state index contributed by atoms with van der Waals surface area (Å²) < 4.78 is 112. The summed E-state index contributed by atoms with van der Waals surface area (Å²) in [5, 5.41) is 170. The molecule has 18 N–H and O–H groups in total. The lowest BCUT2D eigenvalue weighted by Gasteiger charge is -2.19. The van der Waals surface area contributed by atoms with Crippen LogP contribution in [-0.2, 0) is 5.41 Å². The first-order valence-electron chi connectivity index (χ1n) is 40.2. The molecular weight excluding hydrogens is 1800 g/mol. The van der Waals surface area contributed by atoms with E-state index in [0.29, 0.717) is 28.9 Å². The molecule has 30 nitrogen and oxygen atoms in total. The zero-order valence-electron chi connectivity index (χ0n) is 73.2. The van der Waals surface area contributed by atoms with Crippen molar-refractivity contribution in [2.24, 2.45) is 0 Å². The number of aromatic hydroxyl groups is 18. The molecule has 36 heteroatoms. The summed E-state index contributed by atoms with van der Waals surface area (Å²) >= 11 is 0. The normalized spacial score (nSPS) is 10.6. The van der Waals surface area contributed by atoms with E-state index in [1.807, 2.05) is 85.8 Å². The van der Waals surface area contributed by atoms with Gasteiger partial charge in [0.1, 0.15) is 177 Å². The number of Topliss-reactive ketones (excluding diaryl/α,β-unsaturated/α-hetero) is 6. The highest BCUT2D eigenvalue weighted by atomic mass is 19.2. The summed E-state index contributed by atoms with van der Waals surface area (Å²) in [6.07, 6.45) is 0. The maximum Gasteiger partial charge on any atom is 0.207 e. The molecule has 0 aliphatic rings. The number of phenolic OH excluding ortho intramolecular Hbond substituents is 18. The minimum absolute atomic E-state index is 0.0258. The Bertz CT molecular complexity index is 6320. The molecule has 0 radical (unpaired) electrons. The molecule has 0 aromatic heterocycles. The third-order valence-electron chi connectivity index (χ3n) is 19.3. The summed E-state index contributed by atoms with van der Waals surface area (Å²) in [5.41, 5.74) is 2.20. The fourth-order valence-electron chi connectivity index (χ4n) is 12.2. The monoisotopic (exact) mass is 1880 g/mol. The second kappa shape index (κ2) is 46.5. The number of aryl methyl sites for hydroxylation is 1. The highest BCUT2D eigenvalue weighted by Gasteiger charge is 2.29. The molecule has 0 heterocycles. The van der Waals surface area contributed by atoms with Crippen LogP contribution in [0.2, 0.25) is 0 Å². The second-order valence-electron chi connectivity index (χ2n) is 30.8. The van der Waals surface area contributed by atoms with E-state index in [4.69, 9.17) is 33.9 Å². The van der Waals surface area contributed by atoms with E-state index in [2.05, 4.69) is 39.4 Å². The molecule has 0 atom stereocenters. The van der Waals surface area contributed by atoms with Gasteiger partial charge in [-0.3, -0.25) is 28.8 Å². The third kappa shape index (κ3) is 28.3. The van der Waals surface area contributed by atoms with Crippen LogP contribution in [0.5, 0.6) is 138 Å². The first kappa shape index (κ1) is 104. The molecule has 0 unspecified atom stereocenters. The third-order valence-corrected chi connectivity index (χ3v) is 19.3. The molecule has 13 rings (SSSR count). The van der Waals surface area contributed by atoms with E-state index >= 15 is 0 Å². The molecule has 0 aliphatic heterocycles. The standard InChI is InChI=1S/C20H16O5.C18H20O5.C17H18O5.C15H10F4O5.C15H12F2O5.C15H14O5/c21-15-10-17(22)20(18(23)11-15)19(24)12-25-16-8-6-14(7-9-16)13-4-2-1-3-5-13;1-18(2,3)11-4-6-13(7-5-11)23-10-16(22)17-14(20)8-12(19)9-15(17)21;1-10(2)11-3-5-13(6-4-11)22-9-16(21)17-14(19)7-12(18)8-15(17)20;1-5-11(16)13(18)15(14(19)12(5)17)24-4-9(23)10-7(21)2-6(20)3-8(10)22;1-7-10(16)4-9(5-11(7)17)22-6-14(21)15-12(19)2-8(18)3-13(15)20;1-9-2-4-11(5-3-9)20-8-14(19)15-12(17)6-10(16)7-13(15)18/h1-11,21-23H,12H2;4-9,19-21H,10H2,1-3H3;3-8,10,18-20H,9H2,1-2H3;2-3,20-22H,4H2,1H3;2-5,18-20H,6H2,1H3;2-7,16-18H,8H2,1H3. The van der Waals surface area contributed by atoms with Crippen LogP contribution in [0.15, 0.2) is 212 Å². The number of carbonyl (C=O) groups is 6. The molecule has 0 amide bonds. The maximum atomic E-state index is 13.6. The van der Waals surface area contributed by atoms with Crippen molar-refractivity contribution in [3.8, 4) is 149 Å². The van der Waals surface area contributed by atoms with Crippen LogP contribution in [0.4, 0.5) is 26.3 Å². The van der Waals surface area contributed by atoms with Gasteiger partial charge in [-0.25, -0.2) is 17.6 Å². The predicted molar refractivity (Wildman–Crippen MR) is 478 cm³/mol. The Morgan fingerprint density at radius 1 is 0.272 bits per heavy atom. The number of benzene rings is 13. The summed E-state index contributed by atoms with van der Waals surface area (Å²) in [7, 11) is 0. The Morgan fingerprint density at radius 3 is 0.757 bits per heavy atom. The molecule has 0 fully saturated rings. The van der Waals surface area contributed by atoms with Crippen LogP contribution >= 0.6 is 0 Å². The van der Waals surface area contributed by atoms with Crippen molar-refractivity contribution in [2.75, 3.05) is 39.6 Å². The molecule has 0 aliphatic carbocycles. The number of ether oxygens (including phenoxy) is 6. The quantitative estimate of drug-likeness (QED) is 0.0136. The Kier molecular flexibility index (Phi) is 35.5. The Morgan fingerprint density at radius 2 is 0.500 bits per heavy atom. The number of ketones is 6. The van der Waals surface area contributed by atoms with Gasteiger partial charge in [-0.15, -0.1) is 0 Å². The molecule has 136 heavy (non-hydrogen) atoms. The minimum Gasteiger partial charge on any atom is -0.508 e. The van der Waals surface area contributed by atoms with Crippen molar-refractivity contribution in [3.05, 3.63) is 308 Å². The van der Waals surface area contributed by atoms with E-state index in [9.17, 15) is 137 Å². The van der Waals surface area contributed by atoms with E-state index in [1.165, 1.54) is 6.92 Å². The largest absolute Gasteiger partial charge is 0.508 e.